The van der Waals surface area contributed by atoms with E-state index in [0.717, 1.165) is 29.8 Å². The molecule has 0 bridgehead atoms. The van der Waals surface area contributed by atoms with Gasteiger partial charge in [-0.05, 0) is 48.2 Å². The Morgan fingerprint density at radius 2 is 1.93 bits per heavy atom. The molecule has 0 aliphatic carbocycles. The largest absolute Gasteiger partial charge is 0.383 e. The van der Waals surface area contributed by atoms with Crippen molar-refractivity contribution < 1.29 is 9.18 Å². The first-order valence-electron chi connectivity index (χ1n) is 9.04. The molecule has 0 saturated heterocycles. The Morgan fingerprint density at radius 3 is 2.78 bits per heavy atom. The number of hydrogen-bond acceptors (Lipinski definition) is 3. The lowest BCUT2D eigenvalue weighted by molar-refractivity contribution is 0.0989. The molecule has 1 aliphatic rings. The van der Waals surface area contributed by atoms with Crippen LogP contribution < -0.4 is 10.2 Å². The number of carbonyl (C=O) groups is 1. The Morgan fingerprint density at radius 1 is 1.11 bits per heavy atom. The van der Waals surface area contributed by atoms with E-state index in [2.05, 4.69) is 16.4 Å². The number of nitrogens with one attached hydrogen (secondary N) is 1. The van der Waals surface area contributed by atoms with Crippen molar-refractivity contribution in [2.75, 3.05) is 23.3 Å². The summed E-state index contributed by atoms with van der Waals surface area (Å²) >= 11 is 0. The number of para-hydroxylation sites is 1. The zero-order valence-electron chi connectivity index (χ0n) is 14.9. The van der Waals surface area contributed by atoms with Crippen molar-refractivity contribution in [2.45, 2.75) is 12.8 Å². The molecule has 0 saturated carbocycles. The summed E-state index contributed by atoms with van der Waals surface area (Å²) in [5.74, 6) is -0.264. The quantitative estimate of drug-likeness (QED) is 0.745. The van der Waals surface area contributed by atoms with Crippen molar-refractivity contribution in [3.63, 3.8) is 0 Å². The highest BCUT2D eigenvalue weighted by atomic mass is 19.1. The molecular weight excluding hydrogens is 341 g/mol. The Hall–Kier alpha value is -3.21. The number of fused-ring (bicyclic) bond motifs is 1. The molecule has 1 N–H and O–H groups in total. The van der Waals surface area contributed by atoms with Crippen LogP contribution in [-0.2, 0) is 12.8 Å². The number of anilines is 2. The Kier molecular flexibility index (Phi) is 4.83. The minimum absolute atomic E-state index is 0.0327. The van der Waals surface area contributed by atoms with E-state index in [0.29, 0.717) is 18.7 Å². The van der Waals surface area contributed by atoms with Crippen LogP contribution in [0, 0.1) is 5.82 Å². The van der Waals surface area contributed by atoms with Crippen molar-refractivity contribution in [1.82, 2.24) is 4.98 Å². The molecule has 136 valence electrons. The first kappa shape index (κ1) is 17.2. The average molecular weight is 361 g/mol. The van der Waals surface area contributed by atoms with Crippen LogP contribution in [0.3, 0.4) is 0 Å². The molecule has 27 heavy (non-hydrogen) atoms. The third-order valence-electron chi connectivity index (χ3n) is 4.77. The van der Waals surface area contributed by atoms with Crippen molar-refractivity contribution in [3.8, 4) is 0 Å². The maximum atomic E-state index is 13.0. The van der Waals surface area contributed by atoms with Crippen LogP contribution in [0.1, 0.15) is 21.5 Å². The van der Waals surface area contributed by atoms with Gasteiger partial charge in [-0.2, -0.15) is 0 Å². The summed E-state index contributed by atoms with van der Waals surface area (Å²) in [6.45, 7) is 1.37. The molecule has 0 unspecified atom stereocenters. The Labute approximate surface area is 157 Å². The molecule has 0 atom stereocenters. The summed E-state index contributed by atoms with van der Waals surface area (Å²) in [7, 11) is 0. The van der Waals surface area contributed by atoms with E-state index in [4.69, 9.17) is 0 Å². The summed E-state index contributed by atoms with van der Waals surface area (Å²) in [5.41, 5.74) is 4.61. The fraction of sp³-hybridized carbons (Fsp3) is 0.182. The second-order valence-corrected chi connectivity index (χ2v) is 6.60. The van der Waals surface area contributed by atoms with Gasteiger partial charge < -0.3 is 10.2 Å². The first-order valence-corrected chi connectivity index (χ1v) is 9.04. The summed E-state index contributed by atoms with van der Waals surface area (Å²) < 4.78 is 13.0. The second-order valence-electron chi connectivity index (χ2n) is 6.60. The van der Waals surface area contributed by atoms with Crippen molar-refractivity contribution >= 4 is 17.3 Å². The molecule has 5 heteroatoms. The maximum Gasteiger partial charge on any atom is 0.259 e. The Balaban J connectivity index is 1.42. The molecule has 0 fully saturated rings. The van der Waals surface area contributed by atoms with E-state index in [1.165, 1.54) is 17.7 Å². The van der Waals surface area contributed by atoms with Crippen LogP contribution in [0.5, 0.6) is 0 Å². The smallest absolute Gasteiger partial charge is 0.259 e. The van der Waals surface area contributed by atoms with Gasteiger partial charge in [-0.1, -0.05) is 30.3 Å². The van der Waals surface area contributed by atoms with Crippen molar-refractivity contribution in [1.29, 1.82) is 0 Å². The van der Waals surface area contributed by atoms with E-state index >= 15 is 0 Å². The number of halogens is 1. The molecular formula is C22H20FN3O. The van der Waals surface area contributed by atoms with E-state index in [-0.39, 0.29) is 11.7 Å². The van der Waals surface area contributed by atoms with Gasteiger partial charge in [-0.25, -0.2) is 4.39 Å². The highest BCUT2D eigenvalue weighted by Crippen LogP contribution is 2.29. The summed E-state index contributed by atoms with van der Waals surface area (Å²) in [6, 6.07) is 16.3. The molecule has 3 aromatic rings. The van der Waals surface area contributed by atoms with Gasteiger partial charge in [-0.3, -0.25) is 9.78 Å². The van der Waals surface area contributed by atoms with Crippen molar-refractivity contribution in [2.24, 2.45) is 0 Å². The highest BCUT2D eigenvalue weighted by molar-refractivity contribution is 6.07. The van der Waals surface area contributed by atoms with Gasteiger partial charge >= 0.3 is 0 Å². The number of pyridine rings is 1. The lowest BCUT2D eigenvalue weighted by Crippen LogP contribution is -2.29. The maximum absolute atomic E-state index is 13.0. The second kappa shape index (κ2) is 7.58. The third-order valence-corrected chi connectivity index (χ3v) is 4.77. The van der Waals surface area contributed by atoms with Gasteiger partial charge in [-0.15, -0.1) is 0 Å². The molecule has 4 nitrogen and oxygen atoms in total. The first-order chi connectivity index (χ1) is 13.2. The fourth-order valence-electron chi connectivity index (χ4n) is 3.36. The minimum atomic E-state index is -0.231. The van der Waals surface area contributed by atoms with Gasteiger partial charge in [0.15, 0.2) is 0 Å². The number of carbonyl (C=O) groups excluding carboxylic acids is 1. The highest BCUT2D eigenvalue weighted by Gasteiger charge is 2.25. The van der Waals surface area contributed by atoms with Gasteiger partial charge in [0.2, 0.25) is 0 Å². The fourth-order valence-corrected chi connectivity index (χ4v) is 3.36. The van der Waals surface area contributed by atoms with Crippen LogP contribution in [0.25, 0.3) is 0 Å². The van der Waals surface area contributed by atoms with Gasteiger partial charge in [0.25, 0.3) is 5.91 Å². The molecule has 1 amide bonds. The zero-order valence-corrected chi connectivity index (χ0v) is 14.9. The van der Waals surface area contributed by atoms with Crippen LogP contribution in [0.2, 0.25) is 0 Å². The van der Waals surface area contributed by atoms with Crippen LogP contribution >= 0.6 is 0 Å². The molecule has 0 radical (unpaired) electrons. The summed E-state index contributed by atoms with van der Waals surface area (Å²) in [4.78, 5) is 18.9. The monoisotopic (exact) mass is 361 g/mol. The van der Waals surface area contributed by atoms with Crippen molar-refractivity contribution in [3.05, 3.63) is 89.5 Å². The normalized spacial score (nSPS) is 12.7. The molecule has 2 aromatic carbocycles. The van der Waals surface area contributed by atoms with Gasteiger partial charge in [0.1, 0.15) is 5.82 Å². The average Bonchev–Trinajstić information content (AvgIpc) is 3.13. The number of rotatable bonds is 5. The molecule has 0 spiro atoms. The molecule has 1 aromatic heterocycles. The summed E-state index contributed by atoms with van der Waals surface area (Å²) in [5, 5.41) is 3.29. The van der Waals surface area contributed by atoms with Gasteiger partial charge in [0, 0.05) is 31.2 Å². The number of aromatic nitrogens is 1. The third kappa shape index (κ3) is 3.82. The van der Waals surface area contributed by atoms with Crippen LogP contribution in [0.15, 0.2) is 67.0 Å². The number of nitrogens with zero attached hydrogens (tertiary/aromatic N) is 2. The lowest BCUT2D eigenvalue weighted by atomic mass is 10.1. The van der Waals surface area contributed by atoms with E-state index in [1.54, 1.807) is 24.5 Å². The number of hydrogen-bond donors (Lipinski definition) is 1. The molecule has 2 heterocycles. The molecule has 1 aliphatic heterocycles. The minimum Gasteiger partial charge on any atom is -0.383 e. The van der Waals surface area contributed by atoms with Crippen LogP contribution in [0.4, 0.5) is 15.8 Å². The Bertz CT molecular complexity index is 956. The van der Waals surface area contributed by atoms with Gasteiger partial charge in [0.05, 0.1) is 11.3 Å². The van der Waals surface area contributed by atoms with E-state index in [1.807, 2.05) is 29.2 Å². The van der Waals surface area contributed by atoms with E-state index in [9.17, 15) is 9.18 Å². The predicted octanol–water partition coefficient (Wildman–Crippen LogP) is 4.08. The topological polar surface area (TPSA) is 45.2 Å². The summed E-state index contributed by atoms with van der Waals surface area (Å²) in [6.07, 6.45) is 4.96. The number of amides is 1. The number of benzene rings is 2. The van der Waals surface area contributed by atoms with Crippen LogP contribution in [-0.4, -0.2) is 24.0 Å². The zero-order chi connectivity index (χ0) is 18.6. The predicted molar refractivity (Wildman–Crippen MR) is 105 cm³/mol. The standard InChI is InChI=1S/C22H20FN3O/c23-19-7-5-16(6-8-19)9-11-25-20-13-18(14-24-15-20)22(27)26-12-10-17-3-1-2-4-21(17)26/h1-8,13-15,25H,9-12H2. The van der Waals surface area contributed by atoms with E-state index < -0.39 is 0 Å². The molecule has 4 rings (SSSR count). The lowest BCUT2D eigenvalue weighted by Gasteiger charge is -2.17. The SMILES string of the molecule is O=C(c1cncc(NCCc2ccc(F)cc2)c1)N1CCc2ccccc21.